The van der Waals surface area contributed by atoms with E-state index in [-0.39, 0.29) is 6.03 Å². The Morgan fingerprint density at radius 3 is 2.57 bits per heavy atom. The van der Waals surface area contributed by atoms with E-state index in [2.05, 4.69) is 19.2 Å². The molecule has 1 fully saturated rings. The molecule has 1 aliphatic carbocycles. The Bertz CT molecular complexity index is 190. The van der Waals surface area contributed by atoms with Gasteiger partial charge in [0.15, 0.2) is 0 Å². The smallest absolute Gasteiger partial charge is 0.317 e. The Morgan fingerprint density at radius 1 is 1.50 bits per heavy atom. The molecule has 0 aliphatic heterocycles. The van der Waals surface area contributed by atoms with Gasteiger partial charge in [-0.2, -0.15) is 0 Å². The molecule has 1 rings (SSSR count). The summed E-state index contributed by atoms with van der Waals surface area (Å²) in [7, 11) is 0. The van der Waals surface area contributed by atoms with Crippen LogP contribution in [0.1, 0.15) is 40.0 Å². The van der Waals surface area contributed by atoms with Crippen LogP contribution in [0, 0.1) is 5.92 Å². The second-order valence-electron chi connectivity index (χ2n) is 4.28. The normalized spacial score (nSPS) is 17.6. The highest BCUT2D eigenvalue weighted by atomic mass is 16.2. The van der Waals surface area contributed by atoms with Crippen LogP contribution in [0.25, 0.3) is 0 Å². The Hall–Kier alpha value is -0.730. The minimum Gasteiger partial charge on any atom is -0.335 e. The predicted molar refractivity (Wildman–Crippen MR) is 58.3 cm³/mol. The maximum atomic E-state index is 11.7. The highest BCUT2D eigenvalue weighted by molar-refractivity contribution is 5.74. The van der Waals surface area contributed by atoms with E-state index in [0.717, 1.165) is 32.4 Å². The number of carbonyl (C=O) groups excluding carboxylic acids is 1. The van der Waals surface area contributed by atoms with Crippen molar-refractivity contribution in [3.8, 4) is 0 Å². The number of hydrogen-bond donors (Lipinski definition) is 1. The van der Waals surface area contributed by atoms with Crippen molar-refractivity contribution in [1.82, 2.24) is 10.2 Å². The number of rotatable bonds is 5. The van der Waals surface area contributed by atoms with Crippen LogP contribution < -0.4 is 5.32 Å². The van der Waals surface area contributed by atoms with Gasteiger partial charge < -0.3 is 10.2 Å². The third-order valence-corrected chi connectivity index (χ3v) is 2.80. The molecule has 0 aromatic heterocycles. The maximum Gasteiger partial charge on any atom is 0.317 e. The van der Waals surface area contributed by atoms with Crippen LogP contribution in [0.4, 0.5) is 4.79 Å². The van der Waals surface area contributed by atoms with Crippen molar-refractivity contribution in [1.29, 1.82) is 0 Å². The fourth-order valence-electron chi connectivity index (χ4n) is 1.35. The van der Waals surface area contributed by atoms with Crippen molar-refractivity contribution >= 4 is 6.03 Å². The average molecular weight is 198 g/mol. The molecule has 0 aromatic rings. The first-order valence-corrected chi connectivity index (χ1v) is 5.72. The second kappa shape index (κ2) is 5.23. The SMILES string of the molecule is CCC(C)CN(CC)C(=O)NC1CC1. The van der Waals surface area contributed by atoms with Crippen LogP contribution in [0.2, 0.25) is 0 Å². The van der Waals surface area contributed by atoms with E-state index in [9.17, 15) is 4.79 Å². The number of nitrogens with one attached hydrogen (secondary N) is 1. The molecule has 1 atom stereocenters. The third kappa shape index (κ3) is 3.56. The molecule has 0 bridgehead atoms. The van der Waals surface area contributed by atoms with Crippen molar-refractivity contribution in [2.75, 3.05) is 13.1 Å². The highest BCUT2D eigenvalue weighted by Crippen LogP contribution is 2.19. The standard InChI is InChI=1S/C11H22N2O/c1-4-9(3)8-13(5-2)11(14)12-10-6-7-10/h9-10H,4-8H2,1-3H3,(H,12,14). The third-order valence-electron chi connectivity index (χ3n) is 2.80. The van der Waals surface area contributed by atoms with E-state index in [1.165, 1.54) is 0 Å². The molecule has 14 heavy (non-hydrogen) atoms. The molecule has 1 unspecified atom stereocenters. The van der Waals surface area contributed by atoms with Gasteiger partial charge >= 0.3 is 6.03 Å². The van der Waals surface area contributed by atoms with E-state index in [4.69, 9.17) is 0 Å². The van der Waals surface area contributed by atoms with Crippen molar-refractivity contribution in [3.63, 3.8) is 0 Å². The van der Waals surface area contributed by atoms with E-state index < -0.39 is 0 Å². The average Bonchev–Trinajstić information content (AvgIpc) is 2.97. The second-order valence-corrected chi connectivity index (χ2v) is 4.28. The van der Waals surface area contributed by atoms with Gasteiger partial charge in [-0.25, -0.2) is 4.79 Å². The van der Waals surface area contributed by atoms with Crippen LogP contribution in [0.15, 0.2) is 0 Å². The lowest BCUT2D eigenvalue weighted by Crippen LogP contribution is -2.42. The van der Waals surface area contributed by atoms with E-state index in [1.54, 1.807) is 0 Å². The van der Waals surface area contributed by atoms with Gasteiger partial charge in [-0.3, -0.25) is 0 Å². The fraction of sp³-hybridized carbons (Fsp3) is 0.909. The van der Waals surface area contributed by atoms with E-state index >= 15 is 0 Å². The summed E-state index contributed by atoms with van der Waals surface area (Å²) in [6.45, 7) is 8.08. The molecule has 0 saturated heterocycles. The van der Waals surface area contributed by atoms with Gasteiger partial charge in [-0.05, 0) is 25.7 Å². The first-order chi connectivity index (χ1) is 6.67. The summed E-state index contributed by atoms with van der Waals surface area (Å²) in [6, 6.07) is 0.587. The minimum absolute atomic E-state index is 0.121. The summed E-state index contributed by atoms with van der Waals surface area (Å²) in [5, 5.41) is 3.02. The molecule has 0 spiro atoms. The summed E-state index contributed by atoms with van der Waals surface area (Å²) in [4.78, 5) is 13.6. The maximum absolute atomic E-state index is 11.7. The molecule has 3 nitrogen and oxygen atoms in total. The molecule has 3 heteroatoms. The summed E-state index contributed by atoms with van der Waals surface area (Å²) in [5.41, 5.74) is 0. The summed E-state index contributed by atoms with van der Waals surface area (Å²) in [6.07, 6.45) is 3.45. The lowest BCUT2D eigenvalue weighted by atomic mass is 10.1. The lowest BCUT2D eigenvalue weighted by Gasteiger charge is -2.24. The first kappa shape index (κ1) is 11.3. The molecule has 1 N–H and O–H groups in total. The van der Waals surface area contributed by atoms with Gasteiger partial charge in [0.1, 0.15) is 0 Å². The van der Waals surface area contributed by atoms with Gasteiger partial charge in [0.05, 0.1) is 0 Å². The van der Waals surface area contributed by atoms with E-state index in [1.807, 2.05) is 11.8 Å². The Kier molecular flexibility index (Phi) is 4.23. The van der Waals surface area contributed by atoms with Crippen LogP contribution in [-0.4, -0.2) is 30.1 Å². The fourth-order valence-corrected chi connectivity index (χ4v) is 1.35. The van der Waals surface area contributed by atoms with Gasteiger partial charge in [0, 0.05) is 19.1 Å². The van der Waals surface area contributed by atoms with Gasteiger partial charge in [-0.1, -0.05) is 20.3 Å². The van der Waals surface area contributed by atoms with Crippen LogP contribution in [-0.2, 0) is 0 Å². The number of nitrogens with zero attached hydrogens (tertiary/aromatic N) is 1. The Labute approximate surface area is 86.9 Å². The lowest BCUT2D eigenvalue weighted by molar-refractivity contribution is 0.191. The zero-order valence-electron chi connectivity index (χ0n) is 9.55. The summed E-state index contributed by atoms with van der Waals surface area (Å²) in [5.74, 6) is 0.597. The van der Waals surface area contributed by atoms with Crippen molar-refractivity contribution < 1.29 is 4.79 Å². The summed E-state index contributed by atoms with van der Waals surface area (Å²) < 4.78 is 0. The molecular formula is C11H22N2O. The number of carbonyl (C=O) groups is 1. The molecule has 82 valence electrons. The molecule has 2 amide bonds. The quantitative estimate of drug-likeness (QED) is 0.722. The van der Waals surface area contributed by atoms with Crippen LogP contribution in [0.3, 0.4) is 0 Å². The number of amides is 2. The van der Waals surface area contributed by atoms with Crippen molar-refractivity contribution in [2.24, 2.45) is 5.92 Å². The zero-order valence-corrected chi connectivity index (χ0v) is 9.55. The molecule has 1 saturated carbocycles. The van der Waals surface area contributed by atoms with Crippen LogP contribution >= 0.6 is 0 Å². The Balaban J connectivity index is 2.30. The predicted octanol–water partition coefficient (Wildman–Crippen LogP) is 2.23. The summed E-state index contributed by atoms with van der Waals surface area (Å²) >= 11 is 0. The minimum atomic E-state index is 0.121. The van der Waals surface area contributed by atoms with Gasteiger partial charge in [0.25, 0.3) is 0 Å². The molecule has 1 aliphatic rings. The molecule has 0 radical (unpaired) electrons. The first-order valence-electron chi connectivity index (χ1n) is 5.72. The van der Waals surface area contributed by atoms with Gasteiger partial charge in [-0.15, -0.1) is 0 Å². The largest absolute Gasteiger partial charge is 0.335 e. The van der Waals surface area contributed by atoms with Gasteiger partial charge in [0.2, 0.25) is 0 Å². The van der Waals surface area contributed by atoms with Crippen molar-refractivity contribution in [3.05, 3.63) is 0 Å². The topological polar surface area (TPSA) is 32.3 Å². The number of hydrogen-bond acceptors (Lipinski definition) is 1. The zero-order chi connectivity index (χ0) is 10.6. The van der Waals surface area contributed by atoms with E-state index in [0.29, 0.717) is 12.0 Å². The molecular weight excluding hydrogens is 176 g/mol. The highest BCUT2D eigenvalue weighted by Gasteiger charge is 2.25. The Morgan fingerprint density at radius 2 is 2.14 bits per heavy atom. The number of urea groups is 1. The molecule has 0 aromatic carbocycles. The van der Waals surface area contributed by atoms with Crippen LogP contribution in [0.5, 0.6) is 0 Å². The van der Waals surface area contributed by atoms with Crippen molar-refractivity contribution in [2.45, 2.75) is 46.1 Å². The molecule has 0 heterocycles. The monoisotopic (exact) mass is 198 g/mol.